The quantitative estimate of drug-likeness (QED) is 0.543. The second-order valence-corrected chi connectivity index (χ2v) is 9.34. The number of rotatable bonds is 7. The average Bonchev–Trinajstić information content (AvgIpc) is 2.96. The molecule has 1 aromatic heterocycles. The van der Waals surface area contributed by atoms with Crippen molar-refractivity contribution in [3.05, 3.63) is 31.7 Å². The van der Waals surface area contributed by atoms with E-state index in [0.29, 0.717) is 5.25 Å². The maximum absolute atomic E-state index is 6.01. The molecule has 1 nitrogen and oxygen atoms in total. The third kappa shape index (κ3) is 4.74. The van der Waals surface area contributed by atoms with Gasteiger partial charge in [0.15, 0.2) is 0 Å². The molecule has 1 aromatic rings. The third-order valence-electron chi connectivity index (χ3n) is 3.09. The summed E-state index contributed by atoms with van der Waals surface area (Å²) in [6.07, 6.45) is 4.09. The molecule has 2 unspecified atom stereocenters. The van der Waals surface area contributed by atoms with Gasteiger partial charge >= 0.3 is 0 Å². The highest BCUT2D eigenvalue weighted by atomic mass is 32.2. The molecule has 0 saturated heterocycles. The van der Waals surface area contributed by atoms with E-state index >= 15 is 0 Å². The number of allylic oxidation sites excluding steroid dienone is 2. The molecular weight excluding hydrogens is 334 g/mol. The molecule has 2 atom stereocenters. The summed E-state index contributed by atoms with van der Waals surface area (Å²) in [5.41, 5.74) is 6.01. The molecule has 114 valence electrons. The van der Waals surface area contributed by atoms with Gasteiger partial charge in [-0.25, -0.2) is 0 Å². The first-order valence-corrected chi connectivity index (χ1v) is 11.1. The van der Waals surface area contributed by atoms with Crippen molar-refractivity contribution in [2.75, 3.05) is 12.0 Å². The van der Waals surface area contributed by atoms with Crippen LogP contribution in [0.25, 0.3) is 0 Å². The van der Waals surface area contributed by atoms with Crippen LogP contribution in [0, 0.1) is 11.8 Å². The second kappa shape index (κ2) is 8.59. The van der Waals surface area contributed by atoms with Crippen LogP contribution >= 0.6 is 46.6 Å². The fourth-order valence-corrected chi connectivity index (χ4v) is 5.70. The van der Waals surface area contributed by atoms with E-state index in [9.17, 15) is 0 Å². The van der Waals surface area contributed by atoms with Gasteiger partial charge in [0.1, 0.15) is 5.25 Å². The smallest absolute Gasteiger partial charge is 0.105 e. The van der Waals surface area contributed by atoms with Gasteiger partial charge in [-0.2, -0.15) is 0 Å². The molecule has 21 heavy (non-hydrogen) atoms. The Kier molecular flexibility index (Phi) is 7.11. The molecule has 0 bridgehead atoms. The fourth-order valence-electron chi connectivity index (χ4n) is 1.99. The van der Waals surface area contributed by atoms with Gasteiger partial charge in [-0.05, 0) is 30.6 Å². The predicted molar refractivity (Wildman–Crippen MR) is 103 cm³/mol. The molecular formula is C16H21NS4. The Bertz CT molecular complexity index is 564. The Labute approximate surface area is 144 Å². The van der Waals surface area contributed by atoms with E-state index in [0.717, 1.165) is 18.6 Å². The standard InChI is InChI=1S/C16H21NS4/c1-4-12-13(19-5-2)8-9-15(21-12)14-7-6-11(20-14)10-16(17)18-3/h6-7,15-16H,4-5,10,17H2,1-3H3. The largest absolute Gasteiger partial charge is 0.319 e. The van der Waals surface area contributed by atoms with Crippen molar-refractivity contribution >= 4 is 46.6 Å². The Morgan fingerprint density at radius 1 is 1.38 bits per heavy atom. The Morgan fingerprint density at radius 3 is 2.86 bits per heavy atom. The molecule has 0 radical (unpaired) electrons. The van der Waals surface area contributed by atoms with Crippen LogP contribution in [0.15, 0.2) is 21.9 Å². The highest BCUT2D eigenvalue weighted by Crippen LogP contribution is 2.44. The van der Waals surface area contributed by atoms with E-state index in [1.54, 1.807) is 11.8 Å². The molecule has 0 aliphatic carbocycles. The molecule has 0 aromatic carbocycles. The minimum atomic E-state index is 0.195. The Morgan fingerprint density at radius 2 is 2.19 bits per heavy atom. The number of thioether (sulfide) groups is 3. The van der Waals surface area contributed by atoms with E-state index in [4.69, 9.17) is 5.73 Å². The first-order chi connectivity index (χ1) is 10.2. The minimum Gasteiger partial charge on any atom is -0.319 e. The van der Waals surface area contributed by atoms with Crippen LogP contribution in [0.4, 0.5) is 0 Å². The van der Waals surface area contributed by atoms with Crippen LogP contribution in [0.2, 0.25) is 0 Å². The normalized spacial score (nSPS) is 19.3. The van der Waals surface area contributed by atoms with Gasteiger partial charge in [-0.15, -0.1) is 46.6 Å². The molecule has 5 heteroatoms. The molecule has 2 N–H and O–H groups in total. The zero-order chi connectivity index (χ0) is 15.2. The van der Waals surface area contributed by atoms with Crippen LogP contribution in [0.1, 0.15) is 35.3 Å². The van der Waals surface area contributed by atoms with Crippen molar-refractivity contribution in [2.24, 2.45) is 5.73 Å². The van der Waals surface area contributed by atoms with Crippen LogP contribution < -0.4 is 5.73 Å². The van der Waals surface area contributed by atoms with Gasteiger partial charge in [-0.3, -0.25) is 0 Å². The summed E-state index contributed by atoms with van der Waals surface area (Å²) in [5, 5.41) is 0.491. The Balaban J connectivity index is 2.09. The first-order valence-electron chi connectivity index (χ1n) is 7.09. The zero-order valence-corrected chi connectivity index (χ0v) is 15.9. The third-order valence-corrected chi connectivity index (χ3v) is 7.62. The van der Waals surface area contributed by atoms with Gasteiger partial charge in [0, 0.05) is 21.1 Å². The Hall–Kier alpha value is 0.01000. The van der Waals surface area contributed by atoms with Crippen molar-refractivity contribution in [1.82, 2.24) is 0 Å². The molecule has 2 rings (SSSR count). The lowest BCUT2D eigenvalue weighted by Gasteiger charge is -2.17. The molecule has 0 amide bonds. The van der Waals surface area contributed by atoms with Crippen LogP contribution in [0.5, 0.6) is 0 Å². The number of hydrogen-bond donors (Lipinski definition) is 1. The van der Waals surface area contributed by atoms with Crippen molar-refractivity contribution in [3.63, 3.8) is 0 Å². The topological polar surface area (TPSA) is 26.0 Å². The lowest BCUT2D eigenvalue weighted by molar-refractivity contribution is 0.920. The maximum atomic E-state index is 6.01. The molecule has 1 aliphatic heterocycles. The van der Waals surface area contributed by atoms with Crippen molar-refractivity contribution in [3.8, 4) is 11.8 Å². The van der Waals surface area contributed by atoms with Crippen molar-refractivity contribution in [2.45, 2.75) is 37.3 Å². The summed E-state index contributed by atoms with van der Waals surface area (Å²) in [7, 11) is 0. The SMILES string of the molecule is CCSC1=C(CC)SC(c2ccc(CC(N)SC)s2)C#C1. The predicted octanol–water partition coefficient (Wildman–Crippen LogP) is 5.10. The second-order valence-electron chi connectivity index (χ2n) is 4.59. The first kappa shape index (κ1) is 17.4. The molecule has 0 fully saturated rings. The zero-order valence-electron chi connectivity index (χ0n) is 12.6. The van der Waals surface area contributed by atoms with Crippen molar-refractivity contribution in [1.29, 1.82) is 0 Å². The molecule has 1 aliphatic rings. The van der Waals surface area contributed by atoms with Gasteiger partial charge in [0.2, 0.25) is 0 Å². The van der Waals surface area contributed by atoms with Gasteiger partial charge < -0.3 is 5.73 Å². The van der Waals surface area contributed by atoms with E-state index in [-0.39, 0.29) is 5.37 Å². The van der Waals surface area contributed by atoms with Gasteiger partial charge in [0.05, 0.1) is 10.3 Å². The highest BCUT2D eigenvalue weighted by Gasteiger charge is 2.19. The number of nitrogens with two attached hydrogens (primary N) is 1. The van der Waals surface area contributed by atoms with E-state index in [2.05, 4.69) is 44.1 Å². The summed E-state index contributed by atoms with van der Waals surface area (Å²) >= 11 is 7.38. The molecule has 0 saturated carbocycles. The van der Waals surface area contributed by atoms with Gasteiger partial charge in [0.25, 0.3) is 0 Å². The summed E-state index contributed by atoms with van der Waals surface area (Å²) in [4.78, 5) is 5.45. The van der Waals surface area contributed by atoms with Crippen molar-refractivity contribution < 1.29 is 0 Å². The van der Waals surface area contributed by atoms with E-state index < -0.39 is 0 Å². The number of thiophene rings is 1. The number of hydrogen-bond acceptors (Lipinski definition) is 5. The van der Waals surface area contributed by atoms with Crippen LogP contribution in [0.3, 0.4) is 0 Å². The maximum Gasteiger partial charge on any atom is 0.105 e. The van der Waals surface area contributed by atoms with Gasteiger partial charge in [-0.1, -0.05) is 25.7 Å². The summed E-state index contributed by atoms with van der Waals surface area (Å²) in [5.74, 6) is 7.90. The lowest BCUT2D eigenvalue weighted by Crippen LogP contribution is -2.16. The van der Waals surface area contributed by atoms with Crippen LogP contribution in [-0.4, -0.2) is 17.4 Å². The van der Waals surface area contributed by atoms with E-state index in [1.165, 1.54) is 19.6 Å². The summed E-state index contributed by atoms with van der Waals surface area (Å²) in [6.45, 7) is 4.41. The monoisotopic (exact) mass is 355 g/mol. The summed E-state index contributed by atoms with van der Waals surface area (Å²) < 4.78 is 0. The fraction of sp³-hybridized carbons (Fsp3) is 0.500. The van der Waals surface area contributed by atoms with Crippen LogP contribution in [-0.2, 0) is 6.42 Å². The average molecular weight is 356 g/mol. The molecule has 0 spiro atoms. The minimum absolute atomic E-state index is 0.195. The molecule has 2 heterocycles. The van der Waals surface area contributed by atoms with E-state index in [1.807, 2.05) is 34.9 Å². The highest BCUT2D eigenvalue weighted by molar-refractivity contribution is 8.07. The lowest BCUT2D eigenvalue weighted by atomic mass is 10.3. The summed E-state index contributed by atoms with van der Waals surface area (Å²) in [6, 6.07) is 4.44.